The van der Waals surface area contributed by atoms with Crippen LogP contribution in [-0.2, 0) is 4.79 Å². The van der Waals surface area contributed by atoms with Gasteiger partial charge in [-0.2, -0.15) is 0 Å². The number of benzene rings is 2. The summed E-state index contributed by atoms with van der Waals surface area (Å²) in [6, 6.07) is 13.4. The fraction of sp³-hybridized carbons (Fsp3) is 0.400. The zero-order valence-electron chi connectivity index (χ0n) is 18.5. The molecule has 0 radical (unpaired) electrons. The van der Waals surface area contributed by atoms with Crippen molar-refractivity contribution < 1.29 is 9.59 Å². The zero-order valence-corrected chi connectivity index (χ0v) is 19.3. The van der Waals surface area contributed by atoms with Crippen molar-refractivity contribution in [3.8, 4) is 0 Å². The molecule has 0 aliphatic rings. The van der Waals surface area contributed by atoms with Crippen LogP contribution < -0.4 is 0 Å². The number of hydrogen-bond acceptors (Lipinski definition) is 3. The molecule has 2 aromatic carbocycles. The van der Waals surface area contributed by atoms with Crippen LogP contribution in [0, 0.1) is 13.8 Å². The Kier molecular flexibility index (Phi) is 8.36. The number of halogens is 1. The lowest BCUT2D eigenvalue weighted by Gasteiger charge is -2.38. The molecule has 0 aliphatic carbocycles. The van der Waals surface area contributed by atoms with Crippen molar-refractivity contribution in [1.29, 1.82) is 0 Å². The number of carbonyl (C=O) groups excluding carboxylic acids is 2. The van der Waals surface area contributed by atoms with Crippen molar-refractivity contribution in [2.45, 2.75) is 59.5 Å². The van der Waals surface area contributed by atoms with Gasteiger partial charge in [0, 0.05) is 16.3 Å². The van der Waals surface area contributed by atoms with Gasteiger partial charge in [-0.25, -0.2) is 0 Å². The van der Waals surface area contributed by atoms with Gasteiger partial charge >= 0.3 is 0 Å². The Balaban J connectivity index is 2.39. The van der Waals surface area contributed by atoms with Crippen LogP contribution in [0.4, 0.5) is 0 Å². The van der Waals surface area contributed by atoms with E-state index in [0.29, 0.717) is 23.4 Å². The number of rotatable bonds is 10. The van der Waals surface area contributed by atoms with Crippen LogP contribution in [0.15, 0.2) is 47.5 Å². The predicted molar refractivity (Wildman–Crippen MR) is 125 cm³/mol. The first-order valence-electron chi connectivity index (χ1n) is 10.4. The third kappa shape index (κ3) is 5.57. The van der Waals surface area contributed by atoms with Crippen LogP contribution in [0.2, 0.25) is 5.02 Å². The molecule has 4 nitrogen and oxygen atoms in total. The molecule has 0 aromatic heterocycles. The number of aryl methyl sites for hydroxylation is 2. The maximum absolute atomic E-state index is 12.9. The number of hydrogen-bond donors (Lipinski definition) is 0. The molecule has 2 rings (SSSR count). The van der Waals surface area contributed by atoms with E-state index in [4.69, 9.17) is 16.6 Å². The number of ketones is 1. The minimum absolute atomic E-state index is 0.0247. The lowest BCUT2D eigenvalue weighted by Crippen LogP contribution is -2.49. The zero-order chi connectivity index (χ0) is 22.3. The van der Waals surface area contributed by atoms with Gasteiger partial charge in [0.2, 0.25) is 6.41 Å². The smallest absolute Gasteiger partial charge is 0.212 e. The molecule has 30 heavy (non-hydrogen) atoms. The van der Waals surface area contributed by atoms with Crippen LogP contribution in [0.25, 0.3) is 0 Å². The molecule has 0 saturated heterocycles. The van der Waals surface area contributed by atoms with Crippen LogP contribution in [0.3, 0.4) is 0 Å². The summed E-state index contributed by atoms with van der Waals surface area (Å²) in [5.74, 6) is -0.126. The molecule has 0 aliphatic heterocycles. The highest BCUT2D eigenvalue weighted by molar-refractivity contribution is 6.31. The lowest BCUT2D eigenvalue weighted by atomic mass is 9.97. The molecule has 0 saturated carbocycles. The number of Topliss-reactive ketones (excluding diaryl/α,β-unsaturated/α-hetero) is 1. The molecule has 0 spiro atoms. The fourth-order valence-electron chi connectivity index (χ4n) is 3.64. The largest absolute Gasteiger partial charge is 0.313 e. The Morgan fingerprint density at radius 3 is 2.27 bits per heavy atom. The molecular formula is C25H31ClN2O2. The first-order chi connectivity index (χ1) is 14.3. The summed E-state index contributed by atoms with van der Waals surface area (Å²) in [5.41, 5.74) is 3.67. The summed E-state index contributed by atoms with van der Waals surface area (Å²) in [6.07, 6.45) is 2.90. The Labute approximate surface area is 185 Å². The maximum Gasteiger partial charge on any atom is 0.212 e. The van der Waals surface area contributed by atoms with Crippen molar-refractivity contribution in [2.75, 3.05) is 6.54 Å². The van der Waals surface area contributed by atoms with Crippen molar-refractivity contribution in [3.63, 3.8) is 0 Å². The van der Waals surface area contributed by atoms with E-state index in [1.165, 1.54) is 5.56 Å². The van der Waals surface area contributed by atoms with E-state index in [1.54, 1.807) is 23.1 Å². The standard InChI is InChI=1S/C25H31ClN2O2/c1-6-14-25(7-2,27-20(5)21-10-8-18(3)9-11-21)28(17-29)16-24(30)22-12-13-23(26)19(4)15-22/h8-13,15,17H,6-7,14,16H2,1-5H3/b27-20+. The summed E-state index contributed by atoms with van der Waals surface area (Å²) in [6.45, 7) is 9.91. The SMILES string of the molecule is CCCC(CC)(/N=C(\C)c1ccc(C)cc1)N(C=O)CC(=O)c1ccc(Cl)c(C)c1. The molecule has 1 amide bonds. The number of aliphatic imine (C=N–C) groups is 1. The van der Waals surface area contributed by atoms with E-state index in [2.05, 4.69) is 6.92 Å². The highest BCUT2D eigenvalue weighted by Crippen LogP contribution is 2.28. The average molecular weight is 427 g/mol. The topological polar surface area (TPSA) is 49.7 Å². The van der Waals surface area contributed by atoms with E-state index >= 15 is 0 Å². The van der Waals surface area contributed by atoms with Crippen LogP contribution in [-0.4, -0.2) is 35.0 Å². The molecule has 1 atom stereocenters. The molecule has 2 aromatic rings. The average Bonchev–Trinajstić information content (AvgIpc) is 2.73. The molecule has 0 N–H and O–H groups in total. The maximum atomic E-state index is 12.9. The van der Waals surface area contributed by atoms with Crippen LogP contribution in [0.5, 0.6) is 0 Å². The Morgan fingerprint density at radius 2 is 1.73 bits per heavy atom. The molecule has 0 bridgehead atoms. The first kappa shape index (κ1) is 23.8. The fourth-order valence-corrected chi connectivity index (χ4v) is 3.76. The quantitative estimate of drug-likeness (QED) is 0.265. The number of amides is 1. The molecule has 5 heteroatoms. The first-order valence-corrected chi connectivity index (χ1v) is 10.8. The molecule has 0 heterocycles. The highest BCUT2D eigenvalue weighted by Gasteiger charge is 2.35. The van der Waals surface area contributed by atoms with Crippen molar-refractivity contribution >= 4 is 29.5 Å². The normalized spacial score (nSPS) is 13.6. The van der Waals surface area contributed by atoms with Gasteiger partial charge in [0.15, 0.2) is 5.78 Å². The van der Waals surface area contributed by atoms with Crippen LogP contribution >= 0.6 is 11.6 Å². The van der Waals surface area contributed by atoms with Gasteiger partial charge in [-0.15, -0.1) is 0 Å². The minimum Gasteiger partial charge on any atom is -0.313 e. The van der Waals surface area contributed by atoms with Crippen molar-refractivity contribution in [3.05, 3.63) is 69.7 Å². The Hall–Kier alpha value is -2.46. The summed E-state index contributed by atoms with van der Waals surface area (Å²) >= 11 is 6.08. The predicted octanol–water partition coefficient (Wildman–Crippen LogP) is 6.01. The van der Waals surface area contributed by atoms with E-state index in [9.17, 15) is 9.59 Å². The molecular weight excluding hydrogens is 396 g/mol. The summed E-state index contributed by atoms with van der Waals surface area (Å²) in [5, 5.41) is 0.617. The third-order valence-electron chi connectivity index (χ3n) is 5.52. The molecule has 1 unspecified atom stereocenters. The van der Waals surface area contributed by atoms with Gasteiger partial charge in [-0.1, -0.05) is 61.7 Å². The minimum atomic E-state index is -0.761. The lowest BCUT2D eigenvalue weighted by molar-refractivity contribution is -0.123. The molecule has 160 valence electrons. The van der Waals surface area contributed by atoms with Gasteiger partial charge in [-0.3, -0.25) is 14.6 Å². The second-order valence-electron chi connectivity index (χ2n) is 7.77. The highest BCUT2D eigenvalue weighted by atomic mass is 35.5. The van der Waals surface area contributed by atoms with Crippen LogP contribution in [0.1, 0.15) is 67.1 Å². The monoisotopic (exact) mass is 426 g/mol. The van der Waals surface area contributed by atoms with Crippen molar-refractivity contribution in [2.24, 2.45) is 4.99 Å². The summed E-state index contributed by atoms with van der Waals surface area (Å²) in [4.78, 5) is 31.6. The number of carbonyl (C=O) groups is 2. The van der Waals surface area contributed by atoms with Gasteiger partial charge in [0.25, 0.3) is 0 Å². The van der Waals surface area contributed by atoms with E-state index in [-0.39, 0.29) is 12.3 Å². The van der Waals surface area contributed by atoms with E-state index in [0.717, 1.165) is 29.7 Å². The Morgan fingerprint density at radius 1 is 1.10 bits per heavy atom. The number of nitrogens with zero attached hydrogens (tertiary/aromatic N) is 2. The van der Waals surface area contributed by atoms with E-state index < -0.39 is 5.66 Å². The van der Waals surface area contributed by atoms with Gasteiger partial charge in [0.05, 0.1) is 6.54 Å². The van der Waals surface area contributed by atoms with Gasteiger partial charge < -0.3 is 4.90 Å². The second-order valence-corrected chi connectivity index (χ2v) is 8.18. The Bertz CT molecular complexity index is 921. The van der Waals surface area contributed by atoms with Gasteiger partial charge in [-0.05, 0) is 62.9 Å². The van der Waals surface area contributed by atoms with E-state index in [1.807, 2.05) is 52.0 Å². The third-order valence-corrected chi connectivity index (χ3v) is 5.94. The summed E-state index contributed by atoms with van der Waals surface area (Å²) in [7, 11) is 0. The summed E-state index contributed by atoms with van der Waals surface area (Å²) < 4.78 is 0. The van der Waals surface area contributed by atoms with Gasteiger partial charge in [0.1, 0.15) is 5.66 Å². The van der Waals surface area contributed by atoms with Crippen molar-refractivity contribution in [1.82, 2.24) is 4.90 Å². The second kappa shape index (κ2) is 10.5. The molecule has 0 fully saturated rings.